The van der Waals surface area contributed by atoms with Gasteiger partial charge in [-0.2, -0.15) is 0 Å². The van der Waals surface area contributed by atoms with E-state index in [0.29, 0.717) is 30.5 Å². The first-order valence-corrected chi connectivity index (χ1v) is 9.84. The molecule has 7 heteroatoms. The van der Waals surface area contributed by atoms with Crippen LogP contribution in [0.15, 0.2) is 46.0 Å². The number of nitrogens with one attached hydrogen (secondary N) is 2. The molecule has 1 fully saturated rings. The lowest BCUT2D eigenvalue weighted by molar-refractivity contribution is 0.158. The second-order valence-electron chi connectivity index (χ2n) is 7.14. The lowest BCUT2D eigenvalue weighted by Gasteiger charge is -2.35. The summed E-state index contributed by atoms with van der Waals surface area (Å²) in [6, 6.07) is 8.84. The summed E-state index contributed by atoms with van der Waals surface area (Å²) in [7, 11) is 0. The van der Waals surface area contributed by atoms with Crippen LogP contribution in [0.25, 0.3) is 0 Å². The van der Waals surface area contributed by atoms with Crippen molar-refractivity contribution < 1.29 is 13.9 Å². The van der Waals surface area contributed by atoms with Gasteiger partial charge >= 0.3 is 0 Å². The van der Waals surface area contributed by atoms with E-state index in [1.54, 1.807) is 18.2 Å². The lowest BCUT2D eigenvalue weighted by atomic mass is 10.0. The minimum absolute atomic E-state index is 0.146. The molecule has 2 atom stereocenters. The highest BCUT2D eigenvalue weighted by molar-refractivity contribution is 5.80. The highest BCUT2D eigenvalue weighted by Gasteiger charge is 2.23. The van der Waals surface area contributed by atoms with E-state index in [2.05, 4.69) is 20.5 Å². The van der Waals surface area contributed by atoms with E-state index in [9.17, 15) is 9.50 Å². The summed E-state index contributed by atoms with van der Waals surface area (Å²) in [4.78, 5) is 6.57. The molecule has 28 heavy (non-hydrogen) atoms. The van der Waals surface area contributed by atoms with Crippen LogP contribution >= 0.6 is 0 Å². The molecule has 152 valence electrons. The van der Waals surface area contributed by atoms with Crippen LogP contribution in [0.5, 0.6) is 0 Å². The lowest BCUT2D eigenvalue weighted by Crippen LogP contribution is -2.51. The zero-order valence-electron chi connectivity index (χ0n) is 16.5. The average Bonchev–Trinajstić information content (AvgIpc) is 3.23. The van der Waals surface area contributed by atoms with Crippen molar-refractivity contribution in [3.05, 3.63) is 53.7 Å². The molecule has 1 aliphatic heterocycles. The fraction of sp³-hybridized carbons (Fsp3) is 0.476. The van der Waals surface area contributed by atoms with Crippen LogP contribution in [0, 0.1) is 12.7 Å². The highest BCUT2D eigenvalue weighted by Crippen LogP contribution is 2.24. The molecule has 1 aromatic heterocycles. The molecule has 1 aliphatic rings. The number of rotatable bonds is 6. The first-order valence-electron chi connectivity index (χ1n) is 9.84. The Morgan fingerprint density at radius 1 is 1.43 bits per heavy atom. The number of nitrogens with zero attached hydrogens (tertiary/aromatic N) is 2. The number of furan rings is 1. The average molecular weight is 388 g/mol. The molecule has 3 N–H and O–H groups in total. The van der Waals surface area contributed by atoms with Gasteiger partial charge in [0.1, 0.15) is 17.7 Å². The van der Waals surface area contributed by atoms with Crippen molar-refractivity contribution >= 4 is 11.6 Å². The summed E-state index contributed by atoms with van der Waals surface area (Å²) in [6.45, 7) is 6.42. The maximum absolute atomic E-state index is 14.3. The van der Waals surface area contributed by atoms with E-state index >= 15 is 0 Å². The summed E-state index contributed by atoms with van der Waals surface area (Å²) in [5.74, 6) is 0.955. The molecule has 0 spiro atoms. The van der Waals surface area contributed by atoms with Gasteiger partial charge in [0, 0.05) is 25.7 Å². The van der Waals surface area contributed by atoms with Crippen LogP contribution in [0.4, 0.5) is 10.1 Å². The monoisotopic (exact) mass is 388 g/mol. The van der Waals surface area contributed by atoms with Crippen LogP contribution in [0.1, 0.15) is 37.2 Å². The molecule has 0 saturated carbocycles. The van der Waals surface area contributed by atoms with Gasteiger partial charge in [-0.1, -0.05) is 6.07 Å². The third-order valence-corrected chi connectivity index (χ3v) is 4.84. The van der Waals surface area contributed by atoms with E-state index in [1.165, 1.54) is 12.3 Å². The Bertz CT molecular complexity index is 779. The maximum atomic E-state index is 14.3. The Balaban J connectivity index is 1.63. The number of guanidine groups is 1. The van der Waals surface area contributed by atoms with Gasteiger partial charge < -0.3 is 25.1 Å². The first kappa shape index (κ1) is 20.2. The van der Waals surface area contributed by atoms with Crippen LogP contribution < -0.4 is 15.5 Å². The predicted octanol–water partition coefficient (Wildman–Crippen LogP) is 2.98. The van der Waals surface area contributed by atoms with Crippen molar-refractivity contribution in [1.29, 1.82) is 0 Å². The molecular formula is C21H29FN4O2. The van der Waals surface area contributed by atoms with Gasteiger partial charge in [-0.3, -0.25) is 4.99 Å². The molecule has 0 amide bonds. The fourth-order valence-electron chi connectivity index (χ4n) is 3.44. The highest BCUT2D eigenvalue weighted by atomic mass is 19.1. The van der Waals surface area contributed by atoms with Crippen molar-refractivity contribution in [1.82, 2.24) is 10.6 Å². The molecule has 0 radical (unpaired) electrons. The number of aryl methyl sites for hydroxylation is 1. The number of aliphatic hydroxyl groups is 1. The Morgan fingerprint density at radius 3 is 3.04 bits per heavy atom. The third kappa shape index (κ3) is 5.25. The first-order chi connectivity index (χ1) is 13.6. The standard InChI is InChI=1S/C21H29FN4O2/c1-3-23-21(24-13-19(27)20-7-5-11-28-20)25-16-6-4-10-26(14-16)18-12-15(2)8-9-17(18)22/h5,7-9,11-12,16,19,27H,3-4,6,10,13-14H2,1-2H3,(H2,23,24,25). The molecule has 1 saturated heterocycles. The molecule has 3 rings (SSSR count). The van der Waals surface area contributed by atoms with Gasteiger partial charge in [0.15, 0.2) is 5.96 Å². The van der Waals surface area contributed by atoms with Gasteiger partial charge in [0.05, 0.1) is 18.5 Å². The molecule has 6 nitrogen and oxygen atoms in total. The van der Waals surface area contributed by atoms with Gasteiger partial charge in [-0.15, -0.1) is 0 Å². The van der Waals surface area contributed by atoms with Crippen molar-refractivity contribution in [3.63, 3.8) is 0 Å². The normalized spacial score (nSPS) is 18.8. The Kier molecular flexibility index (Phi) is 6.92. The fourth-order valence-corrected chi connectivity index (χ4v) is 3.44. The Hall–Kier alpha value is -2.54. The number of aliphatic hydroxyl groups excluding tert-OH is 1. The van der Waals surface area contributed by atoms with Crippen molar-refractivity contribution in [2.24, 2.45) is 4.99 Å². The van der Waals surface area contributed by atoms with Crippen molar-refractivity contribution in [3.8, 4) is 0 Å². The topological polar surface area (TPSA) is 73.0 Å². The van der Waals surface area contributed by atoms with E-state index in [1.807, 2.05) is 19.9 Å². The molecule has 2 unspecified atom stereocenters. The Morgan fingerprint density at radius 2 is 2.29 bits per heavy atom. The number of aliphatic imine (C=N–C) groups is 1. The Labute approximate surface area is 165 Å². The quantitative estimate of drug-likeness (QED) is 0.524. The zero-order valence-corrected chi connectivity index (χ0v) is 16.5. The number of halogens is 1. The van der Waals surface area contributed by atoms with Crippen molar-refractivity contribution in [2.75, 3.05) is 31.1 Å². The minimum atomic E-state index is -0.783. The summed E-state index contributed by atoms with van der Waals surface area (Å²) >= 11 is 0. The predicted molar refractivity (Wildman–Crippen MR) is 109 cm³/mol. The second kappa shape index (κ2) is 9.59. The van der Waals surface area contributed by atoms with E-state index in [4.69, 9.17) is 4.42 Å². The molecule has 2 aromatic rings. The molecule has 0 bridgehead atoms. The van der Waals surface area contributed by atoms with Gasteiger partial charge in [-0.05, 0) is 56.5 Å². The number of hydrogen-bond acceptors (Lipinski definition) is 4. The number of piperidine rings is 1. The van der Waals surface area contributed by atoms with E-state index in [-0.39, 0.29) is 18.4 Å². The molecule has 2 heterocycles. The summed E-state index contributed by atoms with van der Waals surface area (Å²) in [5, 5.41) is 16.8. The van der Waals surface area contributed by atoms with Crippen LogP contribution in [0.2, 0.25) is 0 Å². The smallest absolute Gasteiger partial charge is 0.191 e. The minimum Gasteiger partial charge on any atom is -0.467 e. The summed E-state index contributed by atoms with van der Waals surface area (Å²) in [6.07, 6.45) is 2.70. The van der Waals surface area contributed by atoms with Crippen LogP contribution in [-0.2, 0) is 0 Å². The number of benzene rings is 1. The third-order valence-electron chi connectivity index (χ3n) is 4.84. The molecule has 1 aromatic carbocycles. The van der Waals surface area contributed by atoms with Crippen LogP contribution in [-0.4, -0.2) is 43.3 Å². The molecule has 0 aliphatic carbocycles. The SMILES string of the molecule is CCNC(=NCC(O)c1ccco1)NC1CCCN(c2cc(C)ccc2F)C1. The zero-order chi connectivity index (χ0) is 19.9. The van der Waals surface area contributed by atoms with Crippen LogP contribution in [0.3, 0.4) is 0 Å². The van der Waals surface area contributed by atoms with Gasteiger partial charge in [0.2, 0.25) is 0 Å². The van der Waals surface area contributed by atoms with Gasteiger partial charge in [0.25, 0.3) is 0 Å². The number of anilines is 1. The molecular weight excluding hydrogens is 359 g/mol. The largest absolute Gasteiger partial charge is 0.467 e. The van der Waals surface area contributed by atoms with E-state index < -0.39 is 6.10 Å². The summed E-state index contributed by atoms with van der Waals surface area (Å²) in [5.41, 5.74) is 1.70. The summed E-state index contributed by atoms with van der Waals surface area (Å²) < 4.78 is 19.5. The number of hydrogen-bond donors (Lipinski definition) is 3. The maximum Gasteiger partial charge on any atom is 0.191 e. The van der Waals surface area contributed by atoms with E-state index in [0.717, 1.165) is 24.9 Å². The second-order valence-corrected chi connectivity index (χ2v) is 7.14. The van der Waals surface area contributed by atoms with Gasteiger partial charge in [-0.25, -0.2) is 4.39 Å². The van der Waals surface area contributed by atoms with Crippen molar-refractivity contribution in [2.45, 2.75) is 38.8 Å².